The Morgan fingerprint density at radius 3 is 2.68 bits per heavy atom. The molecule has 3 rings (SSSR count). The van der Waals surface area contributed by atoms with E-state index in [-0.39, 0.29) is 5.91 Å². The second-order valence-electron chi connectivity index (χ2n) is 5.42. The van der Waals surface area contributed by atoms with Crippen molar-refractivity contribution in [3.05, 3.63) is 24.0 Å². The molecule has 0 bridgehead atoms. The number of hydrogen-bond donors (Lipinski definition) is 0. The van der Waals surface area contributed by atoms with Crippen molar-refractivity contribution < 1.29 is 9.53 Å². The Hall–Kier alpha value is -1.58. The van der Waals surface area contributed by atoms with Gasteiger partial charge in [0, 0.05) is 18.8 Å². The first-order chi connectivity index (χ1) is 9.31. The van der Waals surface area contributed by atoms with E-state index in [1.54, 1.807) is 6.20 Å². The van der Waals surface area contributed by atoms with Crippen molar-refractivity contribution in [2.75, 3.05) is 13.1 Å². The highest BCUT2D eigenvalue weighted by atomic mass is 16.5. The van der Waals surface area contributed by atoms with Crippen molar-refractivity contribution in [3.8, 4) is 5.75 Å². The Morgan fingerprint density at radius 1 is 1.26 bits per heavy atom. The molecule has 1 saturated carbocycles. The van der Waals surface area contributed by atoms with Gasteiger partial charge in [-0.05, 0) is 44.2 Å². The number of carbonyl (C=O) groups excluding carboxylic acids is 1. The second-order valence-corrected chi connectivity index (χ2v) is 5.42. The topological polar surface area (TPSA) is 42.4 Å². The lowest BCUT2D eigenvalue weighted by Gasteiger charge is -2.26. The number of amides is 1. The van der Waals surface area contributed by atoms with Crippen LogP contribution in [0.1, 0.15) is 37.8 Å². The van der Waals surface area contributed by atoms with Crippen LogP contribution in [0.25, 0.3) is 0 Å². The molecule has 1 aliphatic carbocycles. The molecule has 2 heterocycles. The maximum Gasteiger partial charge on any atom is 0.228 e. The molecule has 2 aliphatic rings. The zero-order chi connectivity index (χ0) is 13.1. The van der Waals surface area contributed by atoms with E-state index in [2.05, 4.69) is 4.98 Å². The molecule has 1 aromatic heterocycles. The van der Waals surface area contributed by atoms with E-state index in [9.17, 15) is 4.79 Å². The summed E-state index contributed by atoms with van der Waals surface area (Å²) in [7, 11) is 0. The predicted octanol–water partition coefficient (Wildman–Crippen LogP) is 2.18. The minimum atomic E-state index is 0.197. The van der Waals surface area contributed by atoms with Gasteiger partial charge in [0.2, 0.25) is 5.91 Å². The number of rotatable bonds is 4. The third kappa shape index (κ3) is 3.46. The Morgan fingerprint density at radius 2 is 2.05 bits per heavy atom. The van der Waals surface area contributed by atoms with E-state index in [4.69, 9.17) is 4.74 Å². The maximum absolute atomic E-state index is 12.1. The molecule has 1 aliphatic heterocycles. The van der Waals surface area contributed by atoms with Gasteiger partial charge in [-0.25, -0.2) is 0 Å². The maximum atomic E-state index is 12.1. The summed E-state index contributed by atoms with van der Waals surface area (Å²) < 4.78 is 5.64. The fraction of sp³-hybridized carbons (Fsp3) is 0.600. The summed E-state index contributed by atoms with van der Waals surface area (Å²) in [5, 5.41) is 0. The molecule has 0 radical (unpaired) electrons. The van der Waals surface area contributed by atoms with Gasteiger partial charge in [-0.15, -0.1) is 0 Å². The highest BCUT2D eigenvalue weighted by molar-refractivity contribution is 5.78. The van der Waals surface area contributed by atoms with Gasteiger partial charge in [-0.3, -0.25) is 9.78 Å². The number of aromatic nitrogens is 1. The average Bonchev–Trinajstić information content (AvgIpc) is 3.26. The number of nitrogens with zero attached hydrogens (tertiary/aromatic N) is 2. The van der Waals surface area contributed by atoms with Crippen LogP contribution in [0.5, 0.6) is 5.75 Å². The molecule has 1 amide bonds. The quantitative estimate of drug-likeness (QED) is 0.833. The lowest BCUT2D eigenvalue weighted by atomic mass is 10.1. The smallest absolute Gasteiger partial charge is 0.228 e. The fourth-order valence-corrected chi connectivity index (χ4v) is 2.37. The Balaban J connectivity index is 1.54. The number of carbonyl (C=O) groups is 1. The van der Waals surface area contributed by atoms with Crippen molar-refractivity contribution >= 4 is 5.91 Å². The third-order valence-electron chi connectivity index (χ3n) is 3.67. The number of pyridine rings is 1. The van der Waals surface area contributed by atoms with E-state index in [0.29, 0.717) is 12.5 Å². The summed E-state index contributed by atoms with van der Waals surface area (Å²) in [5.41, 5.74) is 0.832. The number of likely N-dealkylation sites (tertiary alicyclic amines) is 1. The van der Waals surface area contributed by atoms with Gasteiger partial charge in [0.25, 0.3) is 0 Å². The molecule has 4 nitrogen and oxygen atoms in total. The standard InChI is InChI=1S/C15H20N2O2/c18-15(17-8-2-1-3-9-17)10-12-4-5-14(11-16-12)19-13-6-7-13/h4-5,11,13H,1-3,6-10H2. The molecule has 102 valence electrons. The summed E-state index contributed by atoms with van der Waals surface area (Å²) >= 11 is 0. The number of ether oxygens (including phenoxy) is 1. The van der Waals surface area contributed by atoms with Crippen molar-refractivity contribution in [1.29, 1.82) is 0 Å². The molecule has 0 unspecified atom stereocenters. The fourth-order valence-electron chi connectivity index (χ4n) is 2.37. The minimum absolute atomic E-state index is 0.197. The van der Waals surface area contributed by atoms with Crippen LogP contribution in [-0.2, 0) is 11.2 Å². The van der Waals surface area contributed by atoms with Gasteiger partial charge in [0.05, 0.1) is 18.7 Å². The first-order valence-electron chi connectivity index (χ1n) is 7.20. The summed E-state index contributed by atoms with van der Waals surface area (Å²) in [6.07, 6.45) is 8.34. The van der Waals surface area contributed by atoms with Gasteiger partial charge >= 0.3 is 0 Å². The lowest BCUT2D eigenvalue weighted by Crippen LogP contribution is -2.36. The largest absolute Gasteiger partial charge is 0.489 e. The zero-order valence-corrected chi connectivity index (χ0v) is 11.2. The van der Waals surface area contributed by atoms with Crippen LogP contribution < -0.4 is 4.74 Å². The van der Waals surface area contributed by atoms with Crippen molar-refractivity contribution in [2.24, 2.45) is 0 Å². The summed E-state index contributed by atoms with van der Waals surface area (Å²) in [5.74, 6) is 1.01. The van der Waals surface area contributed by atoms with Gasteiger partial charge in [-0.1, -0.05) is 0 Å². The normalized spacial score (nSPS) is 19.3. The molecule has 0 spiro atoms. The Kier molecular flexibility index (Phi) is 3.67. The third-order valence-corrected chi connectivity index (χ3v) is 3.67. The van der Waals surface area contributed by atoms with Crippen LogP contribution >= 0.6 is 0 Å². The van der Waals surface area contributed by atoms with Crippen molar-refractivity contribution in [3.63, 3.8) is 0 Å². The summed E-state index contributed by atoms with van der Waals surface area (Å²) in [6, 6.07) is 3.82. The molecule has 1 saturated heterocycles. The Labute approximate surface area is 113 Å². The summed E-state index contributed by atoms with van der Waals surface area (Å²) in [4.78, 5) is 18.4. The molecular weight excluding hydrogens is 240 g/mol. The van der Waals surface area contributed by atoms with E-state index < -0.39 is 0 Å². The molecule has 0 N–H and O–H groups in total. The molecule has 0 atom stereocenters. The molecule has 1 aromatic rings. The predicted molar refractivity (Wildman–Crippen MR) is 72.0 cm³/mol. The first-order valence-corrected chi connectivity index (χ1v) is 7.20. The van der Waals surface area contributed by atoms with Crippen LogP contribution in [0.3, 0.4) is 0 Å². The number of hydrogen-bond acceptors (Lipinski definition) is 3. The van der Waals surface area contributed by atoms with E-state index in [1.165, 1.54) is 6.42 Å². The van der Waals surface area contributed by atoms with Crippen molar-refractivity contribution in [2.45, 2.75) is 44.6 Å². The minimum Gasteiger partial charge on any atom is -0.489 e. The van der Waals surface area contributed by atoms with Crippen LogP contribution in [0.4, 0.5) is 0 Å². The SMILES string of the molecule is O=C(Cc1ccc(OC2CC2)cn1)N1CCCCC1. The van der Waals surface area contributed by atoms with E-state index in [0.717, 1.165) is 50.2 Å². The van der Waals surface area contributed by atoms with Crippen LogP contribution in [0, 0.1) is 0 Å². The molecule has 4 heteroatoms. The van der Waals surface area contributed by atoms with Crippen LogP contribution in [-0.4, -0.2) is 35.0 Å². The molecular formula is C15H20N2O2. The first kappa shape index (κ1) is 12.5. The second kappa shape index (κ2) is 5.59. The lowest BCUT2D eigenvalue weighted by molar-refractivity contribution is -0.131. The highest BCUT2D eigenvalue weighted by Gasteiger charge is 2.23. The molecule has 19 heavy (non-hydrogen) atoms. The van der Waals surface area contributed by atoms with E-state index >= 15 is 0 Å². The summed E-state index contributed by atoms with van der Waals surface area (Å²) in [6.45, 7) is 1.81. The Bertz CT molecular complexity index is 434. The highest BCUT2D eigenvalue weighted by Crippen LogP contribution is 2.26. The van der Waals surface area contributed by atoms with Crippen LogP contribution in [0.2, 0.25) is 0 Å². The average molecular weight is 260 g/mol. The molecule has 2 fully saturated rings. The monoisotopic (exact) mass is 260 g/mol. The number of piperidine rings is 1. The van der Waals surface area contributed by atoms with Crippen LogP contribution in [0.15, 0.2) is 18.3 Å². The zero-order valence-electron chi connectivity index (χ0n) is 11.2. The van der Waals surface area contributed by atoms with Gasteiger partial charge in [0.15, 0.2) is 0 Å². The molecule has 0 aromatic carbocycles. The van der Waals surface area contributed by atoms with E-state index in [1.807, 2.05) is 17.0 Å². The van der Waals surface area contributed by atoms with Crippen molar-refractivity contribution in [1.82, 2.24) is 9.88 Å². The van der Waals surface area contributed by atoms with Gasteiger partial charge < -0.3 is 9.64 Å². The van der Waals surface area contributed by atoms with Gasteiger partial charge in [-0.2, -0.15) is 0 Å². The van der Waals surface area contributed by atoms with Gasteiger partial charge in [0.1, 0.15) is 5.75 Å².